The Kier molecular flexibility index (Phi) is 3.23. The third kappa shape index (κ3) is 2.62. The minimum absolute atomic E-state index is 0.229. The van der Waals surface area contributed by atoms with E-state index in [4.69, 9.17) is 11.6 Å². The Balaban J connectivity index is 3.40. The van der Waals surface area contributed by atoms with Crippen LogP contribution in [0.25, 0.3) is 0 Å². The Morgan fingerprint density at radius 3 is 2.40 bits per heavy atom. The summed E-state index contributed by atoms with van der Waals surface area (Å²) in [6.45, 7) is 0. The lowest BCUT2D eigenvalue weighted by Gasteiger charge is -2.12. The van der Waals surface area contributed by atoms with Gasteiger partial charge in [0.15, 0.2) is 5.84 Å². The molecule has 0 spiro atoms. The molecule has 7 heteroatoms. The third-order valence-electron chi connectivity index (χ3n) is 1.70. The second-order valence-corrected chi connectivity index (χ2v) is 3.62. The second-order valence-electron chi connectivity index (χ2n) is 2.70. The van der Waals surface area contributed by atoms with E-state index >= 15 is 0 Å². The van der Waals surface area contributed by atoms with Gasteiger partial charge in [0.1, 0.15) is 0 Å². The van der Waals surface area contributed by atoms with Crippen LogP contribution in [0.1, 0.15) is 11.1 Å². The zero-order valence-corrected chi connectivity index (χ0v) is 8.93. The number of hydrogen-bond donors (Lipinski definition) is 2. The van der Waals surface area contributed by atoms with Crippen LogP contribution in [0.3, 0.4) is 0 Å². The maximum absolute atomic E-state index is 12.6. The minimum Gasteiger partial charge on any atom is -0.382 e. The molecule has 0 saturated carbocycles. The van der Waals surface area contributed by atoms with E-state index < -0.39 is 11.7 Å². The van der Waals surface area contributed by atoms with Gasteiger partial charge in [0.2, 0.25) is 0 Å². The Bertz CT molecular complexity index is 401. The molecule has 1 rings (SSSR count). The van der Waals surface area contributed by atoms with Gasteiger partial charge in [0.05, 0.1) is 5.56 Å². The van der Waals surface area contributed by atoms with E-state index in [1.807, 2.05) is 0 Å². The van der Waals surface area contributed by atoms with E-state index in [-0.39, 0.29) is 11.4 Å². The summed E-state index contributed by atoms with van der Waals surface area (Å²) in [4.78, 5) is 0. The maximum atomic E-state index is 12.6. The van der Waals surface area contributed by atoms with Gasteiger partial charge in [-0.1, -0.05) is 15.9 Å². The molecule has 0 fully saturated rings. The topological polar surface area (TPSA) is 64.4 Å². The van der Waals surface area contributed by atoms with Crippen molar-refractivity contribution in [2.24, 2.45) is 16.7 Å². The van der Waals surface area contributed by atoms with Crippen LogP contribution in [0.2, 0.25) is 0 Å². The van der Waals surface area contributed by atoms with Gasteiger partial charge >= 0.3 is 6.18 Å². The molecule has 0 saturated heterocycles. The first-order chi connectivity index (χ1) is 6.86. The second kappa shape index (κ2) is 4.09. The number of amidine groups is 1. The predicted octanol–water partition coefficient (Wildman–Crippen LogP) is 2.05. The summed E-state index contributed by atoms with van der Waals surface area (Å²) in [5.74, 6) is 4.49. The molecule has 0 unspecified atom stereocenters. The lowest BCUT2D eigenvalue weighted by molar-refractivity contribution is -0.137. The van der Waals surface area contributed by atoms with Gasteiger partial charge in [-0.3, -0.25) is 0 Å². The first-order valence-corrected chi connectivity index (χ1v) is 4.56. The average molecular weight is 282 g/mol. The number of halogens is 4. The zero-order chi connectivity index (χ0) is 11.6. The molecule has 0 bridgehead atoms. The summed E-state index contributed by atoms with van der Waals surface area (Å²) in [6, 6.07) is 3.56. The van der Waals surface area contributed by atoms with Crippen LogP contribution in [-0.4, -0.2) is 5.84 Å². The third-order valence-corrected chi connectivity index (χ3v) is 2.20. The normalized spacial score (nSPS) is 12.9. The van der Waals surface area contributed by atoms with E-state index in [2.05, 4.69) is 21.0 Å². The van der Waals surface area contributed by atoms with Gasteiger partial charge in [-0.15, -0.1) is 0 Å². The quantitative estimate of drug-likeness (QED) is 0.358. The summed E-state index contributed by atoms with van der Waals surface area (Å²) in [6.07, 6.45) is -4.49. The number of nitrogens with two attached hydrogens (primary N) is 2. The number of hydrogen-bond acceptors (Lipinski definition) is 2. The molecule has 1 aromatic rings. The molecule has 0 amide bonds. The van der Waals surface area contributed by atoms with Crippen LogP contribution in [0.15, 0.2) is 27.8 Å². The first-order valence-electron chi connectivity index (χ1n) is 3.76. The average Bonchev–Trinajstić information content (AvgIpc) is 2.15. The van der Waals surface area contributed by atoms with Crippen molar-refractivity contribution in [3.8, 4) is 0 Å². The van der Waals surface area contributed by atoms with Crippen LogP contribution in [0.5, 0.6) is 0 Å². The van der Waals surface area contributed by atoms with Crippen molar-refractivity contribution < 1.29 is 13.2 Å². The van der Waals surface area contributed by atoms with E-state index in [1.54, 1.807) is 0 Å². The monoisotopic (exact) mass is 281 g/mol. The number of rotatable bonds is 1. The van der Waals surface area contributed by atoms with E-state index in [0.29, 0.717) is 4.47 Å². The molecule has 0 atom stereocenters. The molecule has 0 aliphatic rings. The van der Waals surface area contributed by atoms with Crippen molar-refractivity contribution in [3.05, 3.63) is 33.8 Å². The van der Waals surface area contributed by atoms with Crippen molar-refractivity contribution in [1.82, 2.24) is 0 Å². The molecule has 0 aromatic heterocycles. The molecule has 0 aliphatic carbocycles. The summed E-state index contributed by atoms with van der Waals surface area (Å²) in [7, 11) is 0. The van der Waals surface area contributed by atoms with E-state index in [9.17, 15) is 13.2 Å². The fourth-order valence-corrected chi connectivity index (χ4v) is 1.40. The van der Waals surface area contributed by atoms with Crippen LogP contribution >= 0.6 is 15.9 Å². The standard InChI is InChI=1S/C8H7BrF3N3/c9-4-1-2-5(7(13)15-14)6(3-4)8(10,11)12/h1-3H,14H2,(H2,13,15). The highest BCUT2D eigenvalue weighted by atomic mass is 79.9. The first kappa shape index (κ1) is 11.8. The fraction of sp³-hybridized carbons (Fsp3) is 0.125. The number of benzene rings is 1. The van der Waals surface area contributed by atoms with Gasteiger partial charge in [-0.25, -0.2) is 0 Å². The molecule has 15 heavy (non-hydrogen) atoms. The molecule has 82 valence electrons. The van der Waals surface area contributed by atoms with Crippen LogP contribution in [0, 0.1) is 0 Å². The van der Waals surface area contributed by atoms with Crippen LogP contribution in [0.4, 0.5) is 13.2 Å². The largest absolute Gasteiger partial charge is 0.417 e. The van der Waals surface area contributed by atoms with Crippen molar-refractivity contribution in [2.45, 2.75) is 6.18 Å². The summed E-state index contributed by atoms with van der Waals surface area (Å²) in [5, 5.41) is 3.04. The summed E-state index contributed by atoms with van der Waals surface area (Å²) < 4.78 is 38.0. The van der Waals surface area contributed by atoms with Gasteiger partial charge in [0, 0.05) is 10.0 Å². The summed E-state index contributed by atoms with van der Waals surface area (Å²) in [5.41, 5.74) is 4.15. The van der Waals surface area contributed by atoms with Crippen LogP contribution < -0.4 is 11.6 Å². The van der Waals surface area contributed by atoms with Crippen molar-refractivity contribution in [3.63, 3.8) is 0 Å². The fourth-order valence-electron chi connectivity index (χ4n) is 1.04. The molecule has 0 radical (unpaired) electrons. The highest BCUT2D eigenvalue weighted by molar-refractivity contribution is 9.10. The Morgan fingerprint density at radius 2 is 1.93 bits per heavy atom. The molecule has 3 nitrogen and oxygen atoms in total. The van der Waals surface area contributed by atoms with Crippen LogP contribution in [-0.2, 0) is 6.18 Å². The zero-order valence-electron chi connectivity index (χ0n) is 7.35. The lowest BCUT2D eigenvalue weighted by Crippen LogP contribution is -2.21. The predicted molar refractivity (Wildman–Crippen MR) is 54.1 cm³/mol. The molecular formula is C8H7BrF3N3. The Hall–Kier alpha value is -1.24. The van der Waals surface area contributed by atoms with Crippen molar-refractivity contribution in [1.29, 1.82) is 0 Å². The van der Waals surface area contributed by atoms with Gasteiger partial charge in [-0.05, 0) is 18.2 Å². The molecular weight excluding hydrogens is 275 g/mol. The van der Waals surface area contributed by atoms with E-state index in [1.165, 1.54) is 12.1 Å². The smallest absolute Gasteiger partial charge is 0.382 e. The highest BCUT2D eigenvalue weighted by Crippen LogP contribution is 2.33. The van der Waals surface area contributed by atoms with Gasteiger partial charge < -0.3 is 11.6 Å². The number of alkyl halides is 3. The Morgan fingerprint density at radius 1 is 1.33 bits per heavy atom. The number of hydrazone groups is 1. The van der Waals surface area contributed by atoms with Gasteiger partial charge in [-0.2, -0.15) is 18.3 Å². The Labute approximate surface area is 92.1 Å². The van der Waals surface area contributed by atoms with Crippen molar-refractivity contribution >= 4 is 21.8 Å². The SMILES string of the molecule is NN=C(N)c1ccc(Br)cc1C(F)(F)F. The summed E-state index contributed by atoms with van der Waals surface area (Å²) >= 11 is 2.95. The van der Waals surface area contributed by atoms with Crippen molar-refractivity contribution in [2.75, 3.05) is 0 Å². The maximum Gasteiger partial charge on any atom is 0.417 e. The van der Waals surface area contributed by atoms with Gasteiger partial charge in [0.25, 0.3) is 0 Å². The highest BCUT2D eigenvalue weighted by Gasteiger charge is 2.34. The number of nitrogens with zero attached hydrogens (tertiary/aromatic N) is 1. The van der Waals surface area contributed by atoms with E-state index in [0.717, 1.165) is 6.07 Å². The molecule has 4 N–H and O–H groups in total. The molecule has 0 heterocycles. The molecule has 1 aromatic carbocycles. The lowest BCUT2D eigenvalue weighted by atomic mass is 10.1. The minimum atomic E-state index is -4.49. The molecule has 0 aliphatic heterocycles.